The number of H-pyrrole nitrogens is 2. The number of nitrogens with zero attached hydrogens (tertiary/aromatic N) is 7. The average molecular weight is 387 g/mol. The van der Waals surface area contributed by atoms with Crippen LogP contribution in [0.4, 0.5) is 17.7 Å². The largest absolute Gasteiger partial charge is 0.347 e. The standard InChI is InChI=1S/C18H17N11/c1-11-23-16(21-10-15-19-8-9-20-15)27-17(24-11)29-13-5-3-2-4-12(13)25-18(29)26-14-6-7-22-28-14/h2-9H,10H2,1H3,(H,19,20)(H,21,23,24,27)(H2,22,25,26,28). The van der Waals surface area contributed by atoms with Gasteiger partial charge in [0.1, 0.15) is 17.5 Å². The molecule has 4 heterocycles. The molecule has 4 aromatic heterocycles. The molecule has 144 valence electrons. The monoisotopic (exact) mass is 387 g/mol. The van der Waals surface area contributed by atoms with Crippen molar-refractivity contribution in [1.29, 1.82) is 0 Å². The number of anilines is 3. The number of aromatic amines is 2. The molecule has 0 atom stereocenters. The van der Waals surface area contributed by atoms with Crippen LogP contribution in [0, 0.1) is 6.92 Å². The molecule has 5 aromatic rings. The molecule has 0 radical (unpaired) electrons. The first-order chi connectivity index (χ1) is 14.3. The maximum absolute atomic E-state index is 4.68. The normalized spacial score (nSPS) is 11.1. The van der Waals surface area contributed by atoms with Crippen molar-refractivity contribution in [3.05, 3.63) is 60.6 Å². The molecule has 0 bridgehead atoms. The van der Waals surface area contributed by atoms with Crippen LogP contribution in [0.5, 0.6) is 0 Å². The zero-order valence-electron chi connectivity index (χ0n) is 15.5. The van der Waals surface area contributed by atoms with Crippen LogP contribution in [0.15, 0.2) is 48.9 Å². The lowest BCUT2D eigenvalue weighted by Gasteiger charge is -2.10. The molecule has 0 unspecified atom stereocenters. The summed E-state index contributed by atoms with van der Waals surface area (Å²) >= 11 is 0. The minimum atomic E-state index is 0.453. The quantitative estimate of drug-likeness (QED) is 0.348. The molecule has 1 aromatic carbocycles. The topological polar surface area (TPSA) is 138 Å². The van der Waals surface area contributed by atoms with Gasteiger partial charge in [-0.25, -0.2) is 14.5 Å². The van der Waals surface area contributed by atoms with Gasteiger partial charge in [0.2, 0.25) is 17.8 Å². The predicted octanol–water partition coefficient (Wildman–Crippen LogP) is 2.32. The van der Waals surface area contributed by atoms with Gasteiger partial charge in [0.05, 0.1) is 23.8 Å². The van der Waals surface area contributed by atoms with E-state index in [0.717, 1.165) is 16.9 Å². The van der Waals surface area contributed by atoms with Gasteiger partial charge >= 0.3 is 0 Å². The van der Waals surface area contributed by atoms with Gasteiger partial charge in [-0.1, -0.05) is 12.1 Å². The third-order valence-electron chi connectivity index (χ3n) is 4.21. The molecule has 0 saturated carbocycles. The first kappa shape index (κ1) is 16.9. The zero-order valence-corrected chi connectivity index (χ0v) is 15.5. The van der Waals surface area contributed by atoms with E-state index in [-0.39, 0.29) is 0 Å². The summed E-state index contributed by atoms with van der Waals surface area (Å²) in [4.78, 5) is 25.4. The summed E-state index contributed by atoms with van der Waals surface area (Å²) in [5.41, 5.74) is 1.69. The van der Waals surface area contributed by atoms with Crippen LogP contribution in [0.1, 0.15) is 11.6 Å². The van der Waals surface area contributed by atoms with E-state index in [0.29, 0.717) is 36.0 Å². The Morgan fingerprint density at radius 3 is 2.79 bits per heavy atom. The predicted molar refractivity (Wildman–Crippen MR) is 107 cm³/mol. The van der Waals surface area contributed by atoms with E-state index in [9.17, 15) is 0 Å². The van der Waals surface area contributed by atoms with Gasteiger partial charge in [-0.3, -0.25) is 5.10 Å². The first-order valence-corrected chi connectivity index (χ1v) is 8.95. The van der Waals surface area contributed by atoms with Crippen molar-refractivity contribution in [1.82, 2.24) is 44.7 Å². The Morgan fingerprint density at radius 2 is 1.97 bits per heavy atom. The number of hydrogen-bond donors (Lipinski definition) is 4. The number of fused-ring (bicyclic) bond motifs is 1. The second-order valence-electron chi connectivity index (χ2n) is 6.25. The van der Waals surface area contributed by atoms with Crippen molar-refractivity contribution >= 4 is 28.7 Å². The first-order valence-electron chi connectivity index (χ1n) is 8.95. The average Bonchev–Trinajstić information content (AvgIpc) is 3.47. The van der Waals surface area contributed by atoms with Crippen LogP contribution in [0.3, 0.4) is 0 Å². The van der Waals surface area contributed by atoms with E-state index >= 15 is 0 Å². The van der Waals surface area contributed by atoms with E-state index in [1.165, 1.54) is 0 Å². The lowest BCUT2D eigenvalue weighted by atomic mass is 10.3. The number of benzene rings is 1. The lowest BCUT2D eigenvalue weighted by Crippen LogP contribution is -2.12. The van der Waals surface area contributed by atoms with E-state index in [2.05, 4.69) is 50.7 Å². The highest BCUT2D eigenvalue weighted by atomic mass is 15.3. The van der Waals surface area contributed by atoms with E-state index in [1.807, 2.05) is 41.8 Å². The minimum absolute atomic E-state index is 0.453. The van der Waals surface area contributed by atoms with Gasteiger partial charge < -0.3 is 15.6 Å². The number of nitrogens with one attached hydrogen (secondary N) is 4. The highest BCUT2D eigenvalue weighted by Crippen LogP contribution is 2.25. The molecule has 0 amide bonds. The molecule has 11 heteroatoms. The second kappa shape index (κ2) is 7.03. The minimum Gasteiger partial charge on any atom is -0.347 e. The highest BCUT2D eigenvalue weighted by molar-refractivity contribution is 5.81. The fourth-order valence-electron chi connectivity index (χ4n) is 2.96. The van der Waals surface area contributed by atoms with Crippen molar-refractivity contribution < 1.29 is 0 Å². The Hall–Kier alpha value is -4.28. The zero-order chi connectivity index (χ0) is 19.6. The van der Waals surface area contributed by atoms with Crippen molar-refractivity contribution in [3.8, 4) is 5.95 Å². The molecule has 0 aliphatic carbocycles. The molecular weight excluding hydrogens is 370 g/mol. The van der Waals surface area contributed by atoms with Crippen molar-refractivity contribution in [2.45, 2.75) is 13.5 Å². The molecule has 5 rings (SSSR count). The number of imidazole rings is 2. The van der Waals surface area contributed by atoms with Crippen molar-refractivity contribution in [3.63, 3.8) is 0 Å². The SMILES string of the molecule is Cc1nc(NCc2ncc[nH]2)nc(-n2c(Nc3ccn[nH]3)nc3ccccc32)n1. The van der Waals surface area contributed by atoms with Crippen LogP contribution in [0.25, 0.3) is 17.0 Å². The number of hydrogen-bond acceptors (Lipinski definition) is 8. The van der Waals surface area contributed by atoms with E-state index in [4.69, 9.17) is 0 Å². The molecule has 4 N–H and O–H groups in total. The van der Waals surface area contributed by atoms with Crippen LogP contribution in [-0.2, 0) is 6.54 Å². The summed E-state index contributed by atoms with van der Waals surface area (Å²) in [6.07, 6.45) is 5.14. The van der Waals surface area contributed by atoms with Gasteiger partial charge in [-0.15, -0.1) is 0 Å². The van der Waals surface area contributed by atoms with Crippen LogP contribution in [0.2, 0.25) is 0 Å². The number of para-hydroxylation sites is 2. The number of aryl methyl sites for hydroxylation is 1. The fourth-order valence-corrected chi connectivity index (χ4v) is 2.96. The van der Waals surface area contributed by atoms with Crippen molar-refractivity contribution in [2.24, 2.45) is 0 Å². The van der Waals surface area contributed by atoms with Gasteiger partial charge in [-0.2, -0.15) is 20.1 Å². The van der Waals surface area contributed by atoms with Crippen LogP contribution in [-0.4, -0.2) is 44.7 Å². The van der Waals surface area contributed by atoms with E-state index < -0.39 is 0 Å². The third-order valence-corrected chi connectivity index (χ3v) is 4.21. The van der Waals surface area contributed by atoms with Gasteiger partial charge in [-0.05, 0) is 19.1 Å². The van der Waals surface area contributed by atoms with Crippen LogP contribution >= 0.6 is 0 Å². The van der Waals surface area contributed by atoms with Crippen molar-refractivity contribution in [2.75, 3.05) is 10.6 Å². The summed E-state index contributed by atoms with van der Waals surface area (Å²) < 4.78 is 1.85. The second-order valence-corrected chi connectivity index (χ2v) is 6.25. The maximum Gasteiger partial charge on any atom is 0.242 e. The van der Waals surface area contributed by atoms with E-state index in [1.54, 1.807) is 18.6 Å². The Bertz CT molecular complexity index is 1240. The Balaban J connectivity index is 1.57. The summed E-state index contributed by atoms with van der Waals surface area (Å²) in [7, 11) is 0. The molecule has 11 nitrogen and oxygen atoms in total. The van der Waals surface area contributed by atoms with Gasteiger partial charge in [0, 0.05) is 18.5 Å². The summed E-state index contributed by atoms with van der Waals surface area (Å²) in [5.74, 6) is 3.56. The molecular formula is C18H17N11. The Labute approximate surface area is 164 Å². The molecule has 0 aliphatic rings. The molecule has 0 fully saturated rings. The molecule has 29 heavy (non-hydrogen) atoms. The Morgan fingerprint density at radius 1 is 1.03 bits per heavy atom. The molecule has 0 saturated heterocycles. The summed E-state index contributed by atoms with van der Waals surface area (Å²) in [6, 6.07) is 9.61. The lowest BCUT2D eigenvalue weighted by molar-refractivity contribution is 0.870. The fraction of sp³-hybridized carbons (Fsp3) is 0.111. The third kappa shape index (κ3) is 3.36. The van der Waals surface area contributed by atoms with Crippen LogP contribution < -0.4 is 10.6 Å². The number of aromatic nitrogens is 9. The molecule has 0 spiro atoms. The Kier molecular flexibility index (Phi) is 4.09. The van der Waals surface area contributed by atoms with Gasteiger partial charge in [0.25, 0.3) is 0 Å². The number of rotatable bonds is 6. The maximum atomic E-state index is 4.68. The highest BCUT2D eigenvalue weighted by Gasteiger charge is 2.16. The summed E-state index contributed by atoms with van der Waals surface area (Å²) in [6.45, 7) is 2.30. The molecule has 0 aliphatic heterocycles. The smallest absolute Gasteiger partial charge is 0.242 e. The summed E-state index contributed by atoms with van der Waals surface area (Å²) in [5, 5.41) is 13.3. The van der Waals surface area contributed by atoms with Gasteiger partial charge in [0.15, 0.2) is 0 Å².